The van der Waals surface area contributed by atoms with Crippen LogP contribution in [0.4, 0.5) is 5.69 Å². The molecule has 7 heteroatoms. The molecule has 1 aromatic carbocycles. The molecule has 0 aliphatic rings. The first-order chi connectivity index (χ1) is 10.1. The zero-order valence-electron chi connectivity index (χ0n) is 10.7. The van der Waals surface area contributed by atoms with E-state index in [2.05, 4.69) is 20.5 Å². The zero-order valence-corrected chi connectivity index (χ0v) is 12.2. The minimum Gasteiger partial charge on any atom is -0.340 e. The number of H-pyrrole nitrogens is 2. The average molecular weight is 321 g/mol. The van der Waals surface area contributed by atoms with Crippen LogP contribution in [0.3, 0.4) is 0 Å². The Bertz CT molecular complexity index is 743. The number of hydrogen-bond donors (Lipinski definition) is 3. The zero-order chi connectivity index (χ0) is 14.8. The van der Waals surface area contributed by atoms with E-state index in [1.165, 1.54) is 6.07 Å². The summed E-state index contributed by atoms with van der Waals surface area (Å²) in [6.07, 6.45) is 1.68. The molecule has 0 radical (unpaired) electrons. The Kier molecular flexibility index (Phi) is 3.68. The molecule has 1 amide bonds. The Balaban J connectivity index is 1.74. The molecule has 0 aliphatic heterocycles. The molecule has 0 aliphatic carbocycles. The Morgan fingerprint density at radius 1 is 1.14 bits per heavy atom. The highest BCUT2D eigenvalue weighted by Gasteiger charge is 2.11. The van der Waals surface area contributed by atoms with Crippen LogP contribution in [-0.2, 0) is 0 Å². The first-order valence-corrected chi connectivity index (χ1v) is 6.84. The van der Waals surface area contributed by atoms with Gasteiger partial charge in [-0.25, -0.2) is 0 Å². The maximum absolute atomic E-state index is 12.0. The third-order valence-corrected chi connectivity index (χ3v) is 3.62. The van der Waals surface area contributed by atoms with Gasteiger partial charge in [0, 0.05) is 11.9 Å². The number of nitrogens with zero attached hydrogens (tertiary/aromatic N) is 1. The number of carbonyl (C=O) groups is 1. The lowest BCUT2D eigenvalue weighted by atomic mass is 10.1. The van der Waals surface area contributed by atoms with Crippen molar-refractivity contribution in [3.8, 4) is 11.3 Å². The van der Waals surface area contributed by atoms with Crippen LogP contribution in [-0.4, -0.2) is 21.1 Å². The van der Waals surface area contributed by atoms with Gasteiger partial charge in [0.05, 0.1) is 10.7 Å². The second-order valence-corrected chi connectivity index (χ2v) is 5.13. The molecule has 0 saturated heterocycles. The fourth-order valence-electron chi connectivity index (χ4n) is 1.87. The first-order valence-electron chi connectivity index (χ1n) is 6.08. The summed E-state index contributed by atoms with van der Waals surface area (Å²) in [7, 11) is 0. The Hall–Kier alpha value is -2.24. The summed E-state index contributed by atoms with van der Waals surface area (Å²) in [6, 6.07) is 10.7. The van der Waals surface area contributed by atoms with E-state index in [1.54, 1.807) is 18.3 Å². The van der Waals surface area contributed by atoms with Gasteiger partial charge in [0.25, 0.3) is 5.91 Å². The number of hydrogen-bond acceptors (Lipinski definition) is 2. The Morgan fingerprint density at radius 2 is 1.90 bits per heavy atom. The molecule has 0 unspecified atom stereocenters. The number of aromatic amines is 2. The third-order valence-electron chi connectivity index (χ3n) is 2.92. The molecule has 3 N–H and O–H groups in total. The molecule has 5 nitrogen and oxygen atoms in total. The van der Waals surface area contributed by atoms with Crippen molar-refractivity contribution in [1.82, 2.24) is 15.2 Å². The standard InChI is InChI=1S/C14H10Cl2N4O/c15-10-7-12(19-13(10)16)14(21)18-9-3-1-8(2-4-9)11-5-6-17-20-11/h1-7,19H,(H,17,20)(H,18,21). The molecule has 0 bridgehead atoms. The van der Waals surface area contributed by atoms with Crippen LogP contribution in [0, 0.1) is 0 Å². The van der Waals surface area contributed by atoms with Gasteiger partial charge < -0.3 is 10.3 Å². The highest BCUT2D eigenvalue weighted by Crippen LogP contribution is 2.23. The predicted molar refractivity (Wildman–Crippen MR) is 82.8 cm³/mol. The first kappa shape index (κ1) is 13.7. The monoisotopic (exact) mass is 320 g/mol. The minimum atomic E-state index is -0.307. The van der Waals surface area contributed by atoms with Crippen LogP contribution in [0.15, 0.2) is 42.6 Å². The van der Waals surface area contributed by atoms with E-state index in [4.69, 9.17) is 23.2 Å². The van der Waals surface area contributed by atoms with Gasteiger partial charge in [-0.05, 0) is 29.8 Å². The highest BCUT2D eigenvalue weighted by molar-refractivity contribution is 6.41. The van der Waals surface area contributed by atoms with Crippen molar-refractivity contribution in [1.29, 1.82) is 0 Å². The second kappa shape index (κ2) is 5.63. The van der Waals surface area contributed by atoms with Crippen LogP contribution >= 0.6 is 23.2 Å². The smallest absolute Gasteiger partial charge is 0.272 e. The van der Waals surface area contributed by atoms with Crippen LogP contribution in [0.1, 0.15) is 10.5 Å². The van der Waals surface area contributed by atoms with Crippen molar-refractivity contribution >= 4 is 34.8 Å². The number of carbonyl (C=O) groups excluding carboxylic acids is 1. The summed E-state index contributed by atoms with van der Waals surface area (Å²) >= 11 is 11.6. The number of aromatic nitrogens is 3. The van der Waals surface area contributed by atoms with Gasteiger partial charge in [0.15, 0.2) is 0 Å². The molecule has 106 valence electrons. The number of anilines is 1. The number of halogens is 2. The number of nitrogens with one attached hydrogen (secondary N) is 3. The van der Waals surface area contributed by atoms with Gasteiger partial charge in [0.2, 0.25) is 0 Å². The molecule has 0 saturated carbocycles. The van der Waals surface area contributed by atoms with E-state index in [0.29, 0.717) is 16.4 Å². The Labute approximate surface area is 130 Å². The summed E-state index contributed by atoms with van der Waals surface area (Å²) in [5.74, 6) is -0.307. The molecule has 2 aromatic heterocycles. The molecule has 21 heavy (non-hydrogen) atoms. The maximum atomic E-state index is 12.0. The third kappa shape index (κ3) is 2.94. The van der Waals surface area contributed by atoms with Crippen molar-refractivity contribution in [3.05, 3.63) is 58.5 Å². The van der Waals surface area contributed by atoms with Crippen molar-refractivity contribution < 1.29 is 4.79 Å². The molecule has 2 heterocycles. The lowest BCUT2D eigenvalue weighted by molar-refractivity contribution is 0.102. The topological polar surface area (TPSA) is 73.6 Å². The normalized spacial score (nSPS) is 10.6. The molecule has 3 rings (SSSR count). The van der Waals surface area contributed by atoms with E-state index in [0.717, 1.165) is 11.3 Å². The van der Waals surface area contributed by atoms with E-state index in [-0.39, 0.29) is 11.1 Å². The summed E-state index contributed by atoms with van der Waals surface area (Å²) in [5.41, 5.74) is 2.88. The lowest BCUT2D eigenvalue weighted by Gasteiger charge is -2.04. The molecular weight excluding hydrogens is 311 g/mol. The second-order valence-electron chi connectivity index (χ2n) is 4.35. The van der Waals surface area contributed by atoms with E-state index >= 15 is 0 Å². The number of amides is 1. The van der Waals surface area contributed by atoms with Crippen molar-refractivity contribution in [2.75, 3.05) is 5.32 Å². The van der Waals surface area contributed by atoms with Crippen LogP contribution in [0.5, 0.6) is 0 Å². The van der Waals surface area contributed by atoms with E-state index in [9.17, 15) is 4.79 Å². The summed E-state index contributed by atoms with van der Waals surface area (Å²) in [4.78, 5) is 14.7. The summed E-state index contributed by atoms with van der Waals surface area (Å²) in [6.45, 7) is 0. The van der Waals surface area contributed by atoms with Gasteiger partial charge in [-0.2, -0.15) is 5.10 Å². The van der Waals surface area contributed by atoms with Crippen molar-refractivity contribution in [3.63, 3.8) is 0 Å². The van der Waals surface area contributed by atoms with Crippen LogP contribution in [0.25, 0.3) is 11.3 Å². The predicted octanol–water partition coefficient (Wildman–Crippen LogP) is 3.96. The largest absolute Gasteiger partial charge is 0.340 e. The van der Waals surface area contributed by atoms with Gasteiger partial charge in [0.1, 0.15) is 10.8 Å². The lowest BCUT2D eigenvalue weighted by Crippen LogP contribution is -2.12. The molecule has 0 fully saturated rings. The van der Waals surface area contributed by atoms with Crippen molar-refractivity contribution in [2.24, 2.45) is 0 Å². The van der Waals surface area contributed by atoms with E-state index in [1.807, 2.05) is 18.2 Å². The SMILES string of the molecule is O=C(Nc1ccc(-c2ccn[nH]2)cc1)c1cc(Cl)c(Cl)[nH]1. The quantitative estimate of drug-likeness (QED) is 0.683. The minimum absolute atomic E-state index is 0.247. The summed E-state index contributed by atoms with van der Waals surface area (Å²) in [5, 5.41) is 10.1. The fourth-order valence-corrected chi connectivity index (χ4v) is 2.19. The summed E-state index contributed by atoms with van der Waals surface area (Å²) < 4.78 is 0. The van der Waals surface area contributed by atoms with Gasteiger partial charge >= 0.3 is 0 Å². The average Bonchev–Trinajstić information content (AvgIpc) is 3.11. The number of rotatable bonds is 3. The Morgan fingerprint density at radius 3 is 2.48 bits per heavy atom. The van der Waals surface area contributed by atoms with Gasteiger partial charge in [-0.1, -0.05) is 35.3 Å². The molecule has 0 atom stereocenters. The fraction of sp³-hybridized carbons (Fsp3) is 0. The van der Waals surface area contributed by atoms with E-state index < -0.39 is 0 Å². The maximum Gasteiger partial charge on any atom is 0.272 e. The molecule has 0 spiro atoms. The van der Waals surface area contributed by atoms with Crippen molar-refractivity contribution in [2.45, 2.75) is 0 Å². The highest BCUT2D eigenvalue weighted by atomic mass is 35.5. The van der Waals surface area contributed by atoms with Gasteiger partial charge in [-0.3, -0.25) is 9.89 Å². The molecule has 3 aromatic rings. The number of benzene rings is 1. The van der Waals surface area contributed by atoms with Crippen LogP contribution in [0.2, 0.25) is 10.2 Å². The molecular formula is C14H10Cl2N4O. The van der Waals surface area contributed by atoms with Gasteiger partial charge in [-0.15, -0.1) is 0 Å². The van der Waals surface area contributed by atoms with Crippen LogP contribution < -0.4 is 5.32 Å².